The van der Waals surface area contributed by atoms with Crippen LogP contribution in [-0.2, 0) is 0 Å². The van der Waals surface area contributed by atoms with Crippen LogP contribution >= 0.6 is 0 Å². The van der Waals surface area contributed by atoms with Crippen molar-refractivity contribution in [2.45, 2.75) is 26.8 Å². The number of ketones is 1. The fourth-order valence-corrected chi connectivity index (χ4v) is 1.68. The van der Waals surface area contributed by atoms with Gasteiger partial charge in [0.15, 0.2) is 17.4 Å². The van der Waals surface area contributed by atoms with E-state index < -0.39 is 11.6 Å². The fraction of sp³-hybridized carbons (Fsp3) is 0.462. The van der Waals surface area contributed by atoms with Crippen LogP contribution in [0.3, 0.4) is 0 Å². The zero-order valence-corrected chi connectivity index (χ0v) is 10.3. The lowest BCUT2D eigenvalue weighted by atomic mass is 9.95. The second kappa shape index (κ2) is 5.87. The van der Waals surface area contributed by atoms with Gasteiger partial charge in [0.2, 0.25) is 0 Å². The summed E-state index contributed by atoms with van der Waals surface area (Å²) in [7, 11) is 0. The van der Waals surface area contributed by atoms with Crippen LogP contribution in [0, 0.1) is 17.6 Å². The molecule has 1 atom stereocenters. The third-order valence-corrected chi connectivity index (χ3v) is 2.58. The average Bonchev–Trinajstić information content (AvgIpc) is 2.28. The quantitative estimate of drug-likeness (QED) is 0.803. The maximum atomic E-state index is 13.0. The van der Waals surface area contributed by atoms with E-state index in [1.54, 1.807) is 0 Å². The first-order valence-electron chi connectivity index (χ1n) is 5.70. The number of carbonyl (C=O) groups excluding carboxylic acids is 1. The normalized spacial score (nSPS) is 12.8. The SMILES string of the molecule is CCNC(C(=O)c1ccc(F)c(F)c1)C(C)C. The van der Waals surface area contributed by atoms with Crippen LogP contribution in [0.4, 0.5) is 8.78 Å². The summed E-state index contributed by atoms with van der Waals surface area (Å²) >= 11 is 0. The van der Waals surface area contributed by atoms with Gasteiger partial charge in [-0.25, -0.2) is 8.78 Å². The standard InChI is InChI=1S/C13H17F2NO/c1-4-16-12(8(2)3)13(17)9-5-6-10(14)11(15)7-9/h5-8,12,16H,4H2,1-3H3. The van der Waals surface area contributed by atoms with E-state index in [1.807, 2.05) is 20.8 Å². The van der Waals surface area contributed by atoms with Crippen LogP contribution in [0.2, 0.25) is 0 Å². The molecule has 0 aliphatic carbocycles. The Morgan fingerprint density at radius 2 is 1.94 bits per heavy atom. The molecule has 0 fully saturated rings. The summed E-state index contributed by atoms with van der Waals surface area (Å²) in [4.78, 5) is 12.1. The van der Waals surface area contributed by atoms with Gasteiger partial charge in [0.1, 0.15) is 0 Å². The highest BCUT2D eigenvalue weighted by Gasteiger charge is 2.23. The summed E-state index contributed by atoms with van der Waals surface area (Å²) in [5.41, 5.74) is 0.198. The Morgan fingerprint density at radius 3 is 2.41 bits per heavy atom. The van der Waals surface area contributed by atoms with E-state index in [0.29, 0.717) is 6.54 Å². The van der Waals surface area contributed by atoms with Crippen LogP contribution in [0.5, 0.6) is 0 Å². The van der Waals surface area contributed by atoms with Crippen molar-refractivity contribution < 1.29 is 13.6 Å². The molecule has 0 aliphatic rings. The maximum Gasteiger partial charge on any atom is 0.180 e. The van der Waals surface area contributed by atoms with E-state index in [1.165, 1.54) is 6.07 Å². The number of likely N-dealkylation sites (N-methyl/N-ethyl adjacent to an activating group) is 1. The topological polar surface area (TPSA) is 29.1 Å². The Morgan fingerprint density at radius 1 is 1.29 bits per heavy atom. The van der Waals surface area contributed by atoms with Gasteiger partial charge in [-0.05, 0) is 30.7 Å². The number of nitrogens with one attached hydrogen (secondary N) is 1. The molecule has 0 radical (unpaired) electrons. The van der Waals surface area contributed by atoms with Crippen molar-refractivity contribution >= 4 is 5.78 Å². The van der Waals surface area contributed by atoms with Crippen molar-refractivity contribution in [3.63, 3.8) is 0 Å². The number of hydrogen-bond acceptors (Lipinski definition) is 2. The molecule has 0 saturated heterocycles. The Bertz CT molecular complexity index is 404. The largest absolute Gasteiger partial charge is 0.307 e. The minimum absolute atomic E-state index is 0.0931. The number of benzene rings is 1. The first-order valence-corrected chi connectivity index (χ1v) is 5.70. The highest BCUT2D eigenvalue weighted by molar-refractivity contribution is 6.00. The monoisotopic (exact) mass is 241 g/mol. The zero-order valence-electron chi connectivity index (χ0n) is 10.3. The lowest BCUT2D eigenvalue weighted by molar-refractivity contribution is 0.0917. The minimum atomic E-state index is -0.991. The van der Waals surface area contributed by atoms with Gasteiger partial charge in [-0.1, -0.05) is 20.8 Å². The summed E-state index contributed by atoms with van der Waals surface area (Å²) in [6.45, 7) is 6.36. The maximum absolute atomic E-state index is 13.0. The minimum Gasteiger partial charge on any atom is -0.307 e. The summed E-state index contributed by atoms with van der Waals surface area (Å²) in [6.07, 6.45) is 0. The van der Waals surface area contributed by atoms with Crippen LogP contribution < -0.4 is 5.32 Å². The second-order valence-corrected chi connectivity index (χ2v) is 4.27. The molecule has 0 aromatic heterocycles. The second-order valence-electron chi connectivity index (χ2n) is 4.27. The molecule has 0 saturated carbocycles. The lowest BCUT2D eigenvalue weighted by Gasteiger charge is -2.20. The molecule has 17 heavy (non-hydrogen) atoms. The molecule has 4 heteroatoms. The van der Waals surface area contributed by atoms with E-state index in [2.05, 4.69) is 5.32 Å². The Balaban J connectivity index is 2.97. The van der Waals surface area contributed by atoms with Gasteiger partial charge >= 0.3 is 0 Å². The number of rotatable bonds is 5. The summed E-state index contributed by atoms with van der Waals surface area (Å²) < 4.78 is 25.8. The Hall–Kier alpha value is -1.29. The molecule has 2 nitrogen and oxygen atoms in total. The molecule has 0 spiro atoms. The molecule has 0 bridgehead atoms. The Labute approximate surface area is 100 Å². The molecule has 0 aliphatic heterocycles. The first-order chi connectivity index (χ1) is 7.97. The summed E-state index contributed by atoms with van der Waals surface area (Å²) in [6, 6.07) is 2.87. The van der Waals surface area contributed by atoms with Gasteiger partial charge in [0, 0.05) is 5.56 Å². The molecule has 94 valence electrons. The third kappa shape index (κ3) is 3.33. The summed E-state index contributed by atoms with van der Waals surface area (Å²) in [5.74, 6) is -2.04. The molecular formula is C13H17F2NO. The van der Waals surface area contributed by atoms with Gasteiger partial charge in [-0.15, -0.1) is 0 Å². The van der Waals surface area contributed by atoms with E-state index in [9.17, 15) is 13.6 Å². The number of halogens is 2. The molecule has 1 rings (SSSR count). The highest BCUT2D eigenvalue weighted by Crippen LogP contribution is 2.14. The molecule has 1 N–H and O–H groups in total. The van der Waals surface area contributed by atoms with Gasteiger partial charge in [0.05, 0.1) is 6.04 Å². The lowest BCUT2D eigenvalue weighted by Crippen LogP contribution is -2.40. The fourth-order valence-electron chi connectivity index (χ4n) is 1.68. The van der Waals surface area contributed by atoms with Crippen molar-refractivity contribution in [3.05, 3.63) is 35.4 Å². The van der Waals surface area contributed by atoms with Crippen LogP contribution in [0.15, 0.2) is 18.2 Å². The van der Waals surface area contributed by atoms with Crippen molar-refractivity contribution in [1.29, 1.82) is 0 Å². The molecular weight excluding hydrogens is 224 g/mol. The predicted octanol–water partition coefficient (Wildman–Crippen LogP) is 2.78. The van der Waals surface area contributed by atoms with Crippen molar-refractivity contribution in [1.82, 2.24) is 5.32 Å². The zero-order chi connectivity index (χ0) is 13.0. The van der Waals surface area contributed by atoms with Gasteiger partial charge in [-0.3, -0.25) is 4.79 Å². The molecule has 1 unspecified atom stereocenters. The smallest absolute Gasteiger partial charge is 0.180 e. The van der Waals surface area contributed by atoms with Crippen molar-refractivity contribution in [2.24, 2.45) is 5.92 Å². The van der Waals surface area contributed by atoms with Crippen molar-refractivity contribution in [3.8, 4) is 0 Å². The molecule has 1 aromatic rings. The number of carbonyl (C=O) groups is 1. The van der Waals surface area contributed by atoms with Crippen LogP contribution in [-0.4, -0.2) is 18.4 Å². The van der Waals surface area contributed by atoms with E-state index in [0.717, 1.165) is 12.1 Å². The van der Waals surface area contributed by atoms with Gasteiger partial charge < -0.3 is 5.32 Å². The molecule has 0 amide bonds. The van der Waals surface area contributed by atoms with Crippen LogP contribution in [0.1, 0.15) is 31.1 Å². The average molecular weight is 241 g/mol. The highest BCUT2D eigenvalue weighted by atomic mass is 19.2. The number of hydrogen-bond donors (Lipinski definition) is 1. The van der Waals surface area contributed by atoms with E-state index in [-0.39, 0.29) is 23.3 Å². The predicted molar refractivity (Wildman–Crippen MR) is 63.0 cm³/mol. The van der Waals surface area contributed by atoms with Gasteiger partial charge in [-0.2, -0.15) is 0 Å². The molecule has 0 heterocycles. The van der Waals surface area contributed by atoms with E-state index in [4.69, 9.17) is 0 Å². The summed E-state index contributed by atoms with van der Waals surface area (Å²) in [5, 5.41) is 3.05. The first kappa shape index (κ1) is 13.8. The van der Waals surface area contributed by atoms with Crippen LogP contribution in [0.25, 0.3) is 0 Å². The third-order valence-electron chi connectivity index (χ3n) is 2.58. The number of Topliss-reactive ketones (excluding diaryl/α,β-unsaturated/α-hetero) is 1. The van der Waals surface area contributed by atoms with E-state index >= 15 is 0 Å². The molecule has 1 aromatic carbocycles. The van der Waals surface area contributed by atoms with Crippen molar-refractivity contribution in [2.75, 3.05) is 6.54 Å². The Kier molecular flexibility index (Phi) is 4.75. The van der Waals surface area contributed by atoms with Gasteiger partial charge in [0.25, 0.3) is 0 Å².